The molecule has 2 aromatic carbocycles. The Kier molecular flexibility index (Phi) is 6.82. The zero-order valence-corrected chi connectivity index (χ0v) is 18.3. The number of halogens is 3. The number of primary sulfonamides is 1. The monoisotopic (exact) mass is 484 g/mol. The van der Waals surface area contributed by atoms with Gasteiger partial charge in [-0.15, -0.1) is 0 Å². The molecule has 0 radical (unpaired) electrons. The molecule has 0 saturated heterocycles. The summed E-state index contributed by atoms with van der Waals surface area (Å²) < 4.78 is 50.3. The van der Waals surface area contributed by atoms with Gasteiger partial charge in [0, 0.05) is 23.8 Å². The Morgan fingerprint density at radius 2 is 1.94 bits per heavy atom. The number of nitrogens with two attached hydrogens (primary N) is 1. The standard InChI is InChI=1S/C20H19ClF2N4O4S/c1-11(16-10-25-19(28)14-4-2-12(22)8-15(14)16)27(6-7-32(24,30)31)20(29)26-13-3-5-18(23)17(21)9-13/h2-5,8-11H,6-7H2,1H3,(H,25,28)(H,26,29)(H2,24,30,31). The number of anilines is 1. The number of aromatic nitrogens is 1. The summed E-state index contributed by atoms with van der Waals surface area (Å²) in [6.07, 6.45) is 1.33. The molecule has 1 heterocycles. The molecule has 0 fully saturated rings. The van der Waals surface area contributed by atoms with Crippen LogP contribution in [0.1, 0.15) is 18.5 Å². The first kappa shape index (κ1) is 23.6. The van der Waals surface area contributed by atoms with Gasteiger partial charge < -0.3 is 15.2 Å². The van der Waals surface area contributed by atoms with Crippen molar-refractivity contribution in [1.82, 2.24) is 9.88 Å². The SMILES string of the molecule is CC(c1c[nH]c(=O)c2ccc(F)cc12)N(CCS(N)(=O)=O)C(=O)Nc1ccc(F)c(Cl)c1. The lowest BCUT2D eigenvalue weighted by atomic mass is 10.0. The number of nitrogens with zero attached hydrogens (tertiary/aromatic N) is 1. The second-order valence-electron chi connectivity index (χ2n) is 7.06. The maximum absolute atomic E-state index is 13.9. The Balaban J connectivity index is 2.01. The Morgan fingerprint density at radius 3 is 2.59 bits per heavy atom. The molecule has 0 aliphatic carbocycles. The number of urea groups is 1. The second-order valence-corrected chi connectivity index (χ2v) is 9.20. The molecule has 8 nitrogen and oxygen atoms in total. The summed E-state index contributed by atoms with van der Waals surface area (Å²) in [6, 6.07) is 5.60. The minimum atomic E-state index is -3.92. The molecule has 170 valence electrons. The summed E-state index contributed by atoms with van der Waals surface area (Å²) in [5, 5.41) is 7.87. The minimum Gasteiger partial charge on any atom is -0.328 e. The van der Waals surface area contributed by atoms with Crippen LogP contribution in [0.4, 0.5) is 19.3 Å². The minimum absolute atomic E-state index is 0.173. The second kappa shape index (κ2) is 9.23. The number of hydrogen-bond acceptors (Lipinski definition) is 4. The van der Waals surface area contributed by atoms with Gasteiger partial charge >= 0.3 is 6.03 Å². The molecule has 1 atom stereocenters. The van der Waals surface area contributed by atoms with E-state index in [1.165, 1.54) is 24.4 Å². The van der Waals surface area contributed by atoms with Crippen molar-refractivity contribution in [3.63, 3.8) is 0 Å². The van der Waals surface area contributed by atoms with Crippen LogP contribution in [0, 0.1) is 11.6 Å². The van der Waals surface area contributed by atoms with Crippen molar-refractivity contribution in [2.45, 2.75) is 13.0 Å². The van der Waals surface area contributed by atoms with E-state index < -0.39 is 45.0 Å². The van der Waals surface area contributed by atoms with E-state index in [1.807, 2.05) is 0 Å². The van der Waals surface area contributed by atoms with Crippen molar-refractivity contribution >= 4 is 44.1 Å². The van der Waals surface area contributed by atoms with Crippen molar-refractivity contribution in [3.05, 3.63) is 75.2 Å². The number of amides is 2. The first-order valence-electron chi connectivity index (χ1n) is 9.30. The summed E-state index contributed by atoms with van der Waals surface area (Å²) >= 11 is 5.75. The lowest BCUT2D eigenvalue weighted by Crippen LogP contribution is -2.41. The zero-order valence-electron chi connectivity index (χ0n) is 16.7. The number of benzene rings is 2. The molecule has 3 rings (SSSR count). The number of sulfonamides is 1. The topological polar surface area (TPSA) is 125 Å². The van der Waals surface area contributed by atoms with Crippen molar-refractivity contribution in [2.24, 2.45) is 5.14 Å². The van der Waals surface area contributed by atoms with E-state index in [0.29, 0.717) is 5.56 Å². The third-order valence-corrected chi connectivity index (χ3v) is 5.90. The molecule has 0 aliphatic rings. The van der Waals surface area contributed by atoms with Crippen LogP contribution in [0.25, 0.3) is 10.8 Å². The van der Waals surface area contributed by atoms with Crippen molar-refractivity contribution < 1.29 is 22.0 Å². The van der Waals surface area contributed by atoms with E-state index in [-0.39, 0.29) is 28.0 Å². The number of H-pyrrole nitrogens is 1. The van der Waals surface area contributed by atoms with Gasteiger partial charge in [0.15, 0.2) is 0 Å². The van der Waals surface area contributed by atoms with Gasteiger partial charge in [-0.25, -0.2) is 27.1 Å². The van der Waals surface area contributed by atoms with Crippen LogP contribution in [0.5, 0.6) is 0 Å². The van der Waals surface area contributed by atoms with Crippen LogP contribution < -0.4 is 16.0 Å². The summed E-state index contributed by atoms with van der Waals surface area (Å²) in [5.41, 5.74) is 0.102. The zero-order chi connectivity index (χ0) is 23.6. The molecule has 0 spiro atoms. The van der Waals surface area contributed by atoms with Gasteiger partial charge in [-0.05, 0) is 54.3 Å². The average molecular weight is 485 g/mol. The molecule has 0 saturated carbocycles. The number of rotatable bonds is 6. The quantitative estimate of drug-likeness (QED) is 0.496. The van der Waals surface area contributed by atoms with E-state index in [4.69, 9.17) is 16.7 Å². The molecule has 32 heavy (non-hydrogen) atoms. The molecule has 0 bridgehead atoms. The fourth-order valence-electron chi connectivity index (χ4n) is 3.23. The van der Waals surface area contributed by atoms with Gasteiger partial charge in [-0.2, -0.15) is 0 Å². The highest BCUT2D eigenvalue weighted by Gasteiger charge is 2.25. The molecule has 1 unspecified atom stereocenters. The largest absolute Gasteiger partial charge is 0.328 e. The number of hydrogen-bond donors (Lipinski definition) is 3. The number of carbonyl (C=O) groups excluding carboxylic acids is 1. The smallest absolute Gasteiger partial charge is 0.322 e. The predicted molar refractivity (Wildman–Crippen MR) is 118 cm³/mol. The highest BCUT2D eigenvalue weighted by atomic mass is 35.5. The van der Waals surface area contributed by atoms with Gasteiger partial charge in [0.2, 0.25) is 10.0 Å². The van der Waals surface area contributed by atoms with Crippen LogP contribution in [0.15, 0.2) is 47.4 Å². The molecule has 12 heteroatoms. The van der Waals surface area contributed by atoms with Crippen LogP contribution in [0.3, 0.4) is 0 Å². The highest BCUT2D eigenvalue weighted by Crippen LogP contribution is 2.28. The third-order valence-electron chi connectivity index (χ3n) is 4.86. The summed E-state index contributed by atoms with van der Waals surface area (Å²) in [7, 11) is -3.92. The Bertz CT molecular complexity index is 1350. The molecule has 1 aromatic heterocycles. The molecular formula is C20H19ClF2N4O4S. The van der Waals surface area contributed by atoms with Gasteiger partial charge in [-0.3, -0.25) is 4.79 Å². The fraction of sp³-hybridized carbons (Fsp3) is 0.200. The summed E-state index contributed by atoms with van der Waals surface area (Å²) in [5.74, 6) is -1.81. The van der Waals surface area contributed by atoms with E-state index in [0.717, 1.165) is 23.1 Å². The van der Waals surface area contributed by atoms with Crippen LogP contribution in [0.2, 0.25) is 5.02 Å². The first-order chi connectivity index (χ1) is 15.0. The number of carbonyl (C=O) groups is 1. The molecule has 0 aliphatic heterocycles. The van der Waals surface area contributed by atoms with E-state index in [9.17, 15) is 26.8 Å². The Hall–Kier alpha value is -3.02. The molecule has 4 N–H and O–H groups in total. The highest BCUT2D eigenvalue weighted by molar-refractivity contribution is 7.89. The summed E-state index contributed by atoms with van der Waals surface area (Å²) in [6.45, 7) is 1.27. The van der Waals surface area contributed by atoms with Gasteiger partial charge in [-0.1, -0.05) is 11.6 Å². The Labute approximate surface area is 187 Å². The predicted octanol–water partition coefficient (Wildman–Crippen LogP) is 3.34. The van der Waals surface area contributed by atoms with Crippen LogP contribution >= 0.6 is 11.6 Å². The van der Waals surface area contributed by atoms with Crippen LogP contribution in [-0.4, -0.2) is 36.6 Å². The first-order valence-corrected chi connectivity index (χ1v) is 11.4. The maximum atomic E-state index is 13.9. The number of aromatic amines is 1. The lowest BCUT2D eigenvalue weighted by Gasteiger charge is -2.30. The number of nitrogens with one attached hydrogen (secondary N) is 2. The molecule has 3 aromatic rings. The van der Waals surface area contributed by atoms with Crippen molar-refractivity contribution in [2.75, 3.05) is 17.6 Å². The van der Waals surface area contributed by atoms with E-state index in [2.05, 4.69) is 10.3 Å². The van der Waals surface area contributed by atoms with Gasteiger partial charge in [0.1, 0.15) is 11.6 Å². The third kappa shape index (κ3) is 5.42. The van der Waals surface area contributed by atoms with Crippen LogP contribution in [-0.2, 0) is 10.0 Å². The average Bonchev–Trinajstić information content (AvgIpc) is 2.70. The number of pyridine rings is 1. The van der Waals surface area contributed by atoms with Gasteiger partial charge in [0.25, 0.3) is 5.56 Å². The summed E-state index contributed by atoms with van der Waals surface area (Å²) in [4.78, 5) is 28.8. The molecular weight excluding hydrogens is 466 g/mol. The molecule has 2 amide bonds. The van der Waals surface area contributed by atoms with Gasteiger partial charge in [0.05, 0.1) is 16.8 Å². The van der Waals surface area contributed by atoms with E-state index in [1.54, 1.807) is 6.92 Å². The lowest BCUT2D eigenvalue weighted by molar-refractivity contribution is 0.197. The normalized spacial score (nSPS) is 12.5. The number of fused-ring (bicyclic) bond motifs is 1. The fourth-order valence-corrected chi connectivity index (χ4v) is 3.86. The Morgan fingerprint density at radius 1 is 1.22 bits per heavy atom. The van der Waals surface area contributed by atoms with Crippen molar-refractivity contribution in [3.8, 4) is 0 Å². The maximum Gasteiger partial charge on any atom is 0.322 e. The van der Waals surface area contributed by atoms with Crippen molar-refractivity contribution in [1.29, 1.82) is 0 Å². The van der Waals surface area contributed by atoms with E-state index >= 15 is 0 Å².